The first-order valence-corrected chi connectivity index (χ1v) is 7.99. The van der Waals surface area contributed by atoms with Crippen LogP contribution in [0.25, 0.3) is 0 Å². The van der Waals surface area contributed by atoms with Gasteiger partial charge in [0.15, 0.2) is 0 Å². The number of halogens is 7. The fourth-order valence-electron chi connectivity index (χ4n) is 1.60. The molecule has 6 nitrogen and oxygen atoms in total. The number of hydrogen-bond donors (Lipinski definition) is 0. The summed E-state index contributed by atoms with van der Waals surface area (Å²) in [7, 11) is 0. The van der Waals surface area contributed by atoms with E-state index in [-0.39, 0.29) is 5.97 Å². The lowest BCUT2D eigenvalue weighted by atomic mass is 10.1. The maximum Gasteiger partial charge on any atom is 0.460 e. The Kier molecular flexibility index (Phi) is 9.34. The maximum atomic E-state index is 11.7. The van der Waals surface area contributed by atoms with E-state index in [1.165, 1.54) is 0 Å². The minimum absolute atomic E-state index is 0.309. The SMILES string of the molecule is C=C(C)C(=O)OCCC[n+]1ccn(CC)c1.O=C([O-])C(F)(F)C(F)(F)C(F)(F)F. The molecule has 0 aliphatic heterocycles. The van der Waals surface area contributed by atoms with Gasteiger partial charge >= 0.3 is 24.0 Å². The second-order valence-electron chi connectivity index (χ2n) is 5.69. The van der Waals surface area contributed by atoms with E-state index in [2.05, 4.69) is 22.6 Å². The van der Waals surface area contributed by atoms with Crippen molar-refractivity contribution in [1.29, 1.82) is 0 Å². The molecule has 0 unspecified atom stereocenters. The highest BCUT2D eigenvalue weighted by atomic mass is 19.4. The van der Waals surface area contributed by atoms with Crippen LogP contribution < -0.4 is 9.67 Å². The van der Waals surface area contributed by atoms with Crippen LogP contribution in [0.2, 0.25) is 0 Å². The number of carbonyl (C=O) groups is 2. The third-order valence-electron chi connectivity index (χ3n) is 3.26. The normalized spacial score (nSPS) is 12.0. The molecule has 0 aliphatic rings. The van der Waals surface area contributed by atoms with Gasteiger partial charge in [-0.15, -0.1) is 0 Å². The highest BCUT2D eigenvalue weighted by Gasteiger charge is 2.73. The highest BCUT2D eigenvalue weighted by Crippen LogP contribution is 2.46. The lowest BCUT2D eigenvalue weighted by molar-refractivity contribution is -0.697. The Morgan fingerprint density at radius 2 is 1.72 bits per heavy atom. The molecule has 1 aromatic heterocycles. The number of aliphatic carboxylic acids is 1. The quantitative estimate of drug-likeness (QED) is 0.205. The molecule has 0 fully saturated rings. The van der Waals surface area contributed by atoms with Crippen molar-refractivity contribution in [2.24, 2.45) is 0 Å². The molecule has 0 saturated carbocycles. The summed E-state index contributed by atoms with van der Waals surface area (Å²) in [4.78, 5) is 20.3. The summed E-state index contributed by atoms with van der Waals surface area (Å²) in [6.45, 7) is 9.54. The molecule has 0 N–H and O–H groups in total. The number of nitrogens with zero attached hydrogens (tertiary/aromatic N) is 2. The van der Waals surface area contributed by atoms with Crippen LogP contribution in [0.5, 0.6) is 0 Å². The van der Waals surface area contributed by atoms with Crippen molar-refractivity contribution < 1.29 is 54.7 Å². The van der Waals surface area contributed by atoms with Crippen LogP contribution in [0.3, 0.4) is 0 Å². The van der Waals surface area contributed by atoms with Crippen molar-refractivity contribution in [2.45, 2.75) is 51.4 Å². The van der Waals surface area contributed by atoms with Gasteiger partial charge < -0.3 is 14.6 Å². The Bertz CT molecular complexity index is 714. The number of ether oxygens (including phenoxy) is 1. The first kappa shape index (κ1) is 26.4. The zero-order valence-corrected chi connectivity index (χ0v) is 15.4. The number of rotatable bonds is 8. The second-order valence-corrected chi connectivity index (χ2v) is 5.69. The van der Waals surface area contributed by atoms with E-state index < -0.39 is 24.0 Å². The second kappa shape index (κ2) is 10.3. The van der Waals surface area contributed by atoms with Gasteiger partial charge in [0.25, 0.3) is 0 Å². The largest absolute Gasteiger partial charge is 0.544 e. The molecule has 166 valence electrons. The molecule has 13 heteroatoms. The van der Waals surface area contributed by atoms with E-state index in [0.29, 0.717) is 12.2 Å². The van der Waals surface area contributed by atoms with Crippen LogP contribution in [-0.2, 0) is 27.4 Å². The summed E-state index contributed by atoms with van der Waals surface area (Å²) in [6.07, 6.45) is 0.262. The molecule has 0 radical (unpaired) electrons. The number of alkyl halides is 7. The minimum Gasteiger partial charge on any atom is -0.544 e. The van der Waals surface area contributed by atoms with E-state index in [4.69, 9.17) is 4.74 Å². The van der Waals surface area contributed by atoms with Crippen LogP contribution in [0.15, 0.2) is 30.9 Å². The van der Waals surface area contributed by atoms with Gasteiger partial charge in [0, 0.05) is 12.0 Å². The summed E-state index contributed by atoms with van der Waals surface area (Å²) in [6, 6.07) is 0. The third kappa shape index (κ3) is 7.38. The Morgan fingerprint density at radius 1 is 1.17 bits per heavy atom. The van der Waals surface area contributed by atoms with Crippen LogP contribution in [0.1, 0.15) is 20.3 Å². The van der Waals surface area contributed by atoms with Gasteiger partial charge in [-0.05, 0) is 13.8 Å². The molecule has 0 amide bonds. The number of carbonyl (C=O) groups excluding carboxylic acids is 2. The first-order chi connectivity index (χ1) is 13.1. The van der Waals surface area contributed by atoms with Gasteiger partial charge in [0.05, 0.1) is 19.7 Å². The predicted molar refractivity (Wildman–Crippen MR) is 81.6 cm³/mol. The number of aromatic nitrogens is 2. The molecule has 0 atom stereocenters. The average molecular weight is 436 g/mol. The molecule has 1 rings (SSSR count). The highest BCUT2D eigenvalue weighted by molar-refractivity contribution is 5.86. The zero-order chi connectivity index (χ0) is 23.0. The number of hydrogen-bond acceptors (Lipinski definition) is 4. The lowest BCUT2D eigenvalue weighted by Crippen LogP contribution is -2.60. The fourth-order valence-corrected chi connectivity index (χ4v) is 1.60. The fraction of sp³-hybridized carbons (Fsp3) is 0.562. The van der Waals surface area contributed by atoms with Gasteiger partial charge in [-0.1, -0.05) is 6.58 Å². The van der Waals surface area contributed by atoms with E-state index in [1.54, 1.807) is 6.92 Å². The van der Waals surface area contributed by atoms with Crippen molar-refractivity contribution >= 4 is 11.9 Å². The standard InChI is InChI=1S/C12H19N2O2.C4HF7O2/c1-4-13-7-8-14(10-13)6-5-9-16-12(15)11(2)3;5-2(6,1(12)13)3(7,8)4(9,10)11/h7-8,10H,2,4-6,9H2,1,3H3;(H,12,13)/q+1;/p-1. The molecular formula is C16H19F7N2O4. The van der Waals surface area contributed by atoms with E-state index in [9.17, 15) is 45.4 Å². The Hall–Kier alpha value is -2.60. The van der Waals surface area contributed by atoms with Gasteiger partial charge in [-0.3, -0.25) is 0 Å². The molecule has 1 aromatic rings. The van der Waals surface area contributed by atoms with Gasteiger partial charge in [0.1, 0.15) is 18.4 Å². The van der Waals surface area contributed by atoms with Crippen LogP contribution in [0, 0.1) is 0 Å². The summed E-state index contributed by atoms with van der Waals surface area (Å²) < 4.78 is 89.4. The van der Waals surface area contributed by atoms with Crippen molar-refractivity contribution in [3.8, 4) is 0 Å². The van der Waals surface area contributed by atoms with Crippen molar-refractivity contribution in [3.05, 3.63) is 30.9 Å². The third-order valence-corrected chi connectivity index (χ3v) is 3.26. The predicted octanol–water partition coefficient (Wildman–Crippen LogP) is 1.87. The zero-order valence-electron chi connectivity index (χ0n) is 15.4. The van der Waals surface area contributed by atoms with E-state index in [1.807, 2.05) is 18.7 Å². The van der Waals surface area contributed by atoms with Gasteiger partial charge in [-0.25, -0.2) is 13.9 Å². The number of carboxylic acid groups (broad SMARTS) is 1. The summed E-state index contributed by atoms with van der Waals surface area (Å²) in [5, 5.41) is 9.27. The maximum absolute atomic E-state index is 11.7. The lowest BCUT2D eigenvalue weighted by Gasteiger charge is -2.28. The Labute approximate surface area is 161 Å². The van der Waals surface area contributed by atoms with Gasteiger partial charge in [-0.2, -0.15) is 30.7 Å². The number of imidazole rings is 1. The first-order valence-electron chi connectivity index (χ1n) is 7.99. The van der Waals surface area contributed by atoms with Crippen LogP contribution in [-0.4, -0.2) is 41.1 Å². The van der Waals surface area contributed by atoms with Crippen LogP contribution >= 0.6 is 0 Å². The minimum atomic E-state index is -6.64. The monoisotopic (exact) mass is 436 g/mol. The summed E-state index contributed by atoms with van der Waals surface area (Å²) in [5.74, 6) is -17.0. The summed E-state index contributed by atoms with van der Waals surface area (Å²) >= 11 is 0. The topological polar surface area (TPSA) is 75.2 Å². The molecule has 0 aliphatic carbocycles. The molecule has 0 aromatic carbocycles. The molecule has 1 heterocycles. The van der Waals surface area contributed by atoms with Crippen molar-refractivity contribution in [1.82, 2.24) is 4.57 Å². The Balaban J connectivity index is 0.000000555. The molecular weight excluding hydrogens is 417 g/mol. The smallest absolute Gasteiger partial charge is 0.460 e. The molecule has 0 saturated heterocycles. The molecule has 0 bridgehead atoms. The van der Waals surface area contributed by atoms with Crippen molar-refractivity contribution in [2.75, 3.05) is 6.61 Å². The Morgan fingerprint density at radius 3 is 2.07 bits per heavy atom. The van der Waals surface area contributed by atoms with E-state index >= 15 is 0 Å². The van der Waals surface area contributed by atoms with Gasteiger partial charge in [0.2, 0.25) is 6.33 Å². The molecule has 29 heavy (non-hydrogen) atoms. The number of esters is 1. The summed E-state index contributed by atoms with van der Waals surface area (Å²) in [5.41, 5.74) is 0.449. The van der Waals surface area contributed by atoms with Crippen molar-refractivity contribution in [3.63, 3.8) is 0 Å². The molecule has 0 spiro atoms. The number of carboxylic acids is 1. The van der Waals surface area contributed by atoms with Crippen LogP contribution in [0.4, 0.5) is 30.7 Å². The van der Waals surface area contributed by atoms with E-state index in [0.717, 1.165) is 19.5 Å². The average Bonchev–Trinajstić information content (AvgIpc) is 3.05. The number of aryl methyl sites for hydroxylation is 2.